The van der Waals surface area contributed by atoms with Crippen LogP contribution in [-0.4, -0.2) is 6.61 Å². The molecule has 13 heavy (non-hydrogen) atoms. The van der Waals surface area contributed by atoms with Crippen molar-refractivity contribution in [1.82, 2.24) is 0 Å². The summed E-state index contributed by atoms with van der Waals surface area (Å²) in [7, 11) is 0. The van der Waals surface area contributed by atoms with Crippen molar-refractivity contribution in [3.05, 3.63) is 17.0 Å². The number of rotatable bonds is 5. The van der Waals surface area contributed by atoms with E-state index < -0.39 is 0 Å². The minimum Gasteiger partial charge on any atom is -0.484 e. The summed E-state index contributed by atoms with van der Waals surface area (Å²) in [5.41, 5.74) is 1.43. The van der Waals surface area contributed by atoms with Crippen molar-refractivity contribution in [3.8, 4) is 5.06 Å². The normalized spacial score (nSPS) is 12.8. The van der Waals surface area contributed by atoms with Gasteiger partial charge in [0.1, 0.15) is 0 Å². The third-order valence-corrected chi connectivity index (χ3v) is 3.03. The Kier molecular flexibility index (Phi) is 4.29. The fourth-order valence-electron chi connectivity index (χ4n) is 1.41. The second-order valence-corrected chi connectivity index (χ2v) is 4.20. The number of hydrogen-bond acceptors (Lipinski definition) is 2. The van der Waals surface area contributed by atoms with E-state index in [1.165, 1.54) is 18.4 Å². The van der Waals surface area contributed by atoms with Gasteiger partial charge in [0.2, 0.25) is 0 Å². The summed E-state index contributed by atoms with van der Waals surface area (Å²) in [4.78, 5) is 0. The van der Waals surface area contributed by atoms with Crippen LogP contribution in [0.25, 0.3) is 0 Å². The molecule has 0 aromatic carbocycles. The molecule has 0 aliphatic heterocycles. The van der Waals surface area contributed by atoms with Crippen LogP contribution in [0.5, 0.6) is 5.06 Å². The molecule has 1 atom stereocenters. The average molecular weight is 198 g/mol. The highest BCUT2D eigenvalue weighted by Gasteiger charge is 2.07. The summed E-state index contributed by atoms with van der Waals surface area (Å²) in [5, 5.41) is 3.27. The van der Waals surface area contributed by atoms with Gasteiger partial charge in [-0.1, -0.05) is 20.3 Å². The lowest BCUT2D eigenvalue weighted by Crippen LogP contribution is -1.90. The minimum atomic E-state index is 0.676. The topological polar surface area (TPSA) is 9.23 Å². The Bertz CT molecular complexity index is 242. The van der Waals surface area contributed by atoms with Gasteiger partial charge in [0.25, 0.3) is 0 Å². The van der Waals surface area contributed by atoms with Crippen molar-refractivity contribution in [2.75, 3.05) is 6.61 Å². The third kappa shape index (κ3) is 3.03. The molecule has 1 unspecified atom stereocenters. The zero-order valence-electron chi connectivity index (χ0n) is 8.67. The lowest BCUT2D eigenvalue weighted by Gasteiger charge is -2.06. The number of ether oxygens (including phenoxy) is 1. The van der Waals surface area contributed by atoms with E-state index in [4.69, 9.17) is 4.74 Å². The molecule has 0 radical (unpaired) electrons. The van der Waals surface area contributed by atoms with Gasteiger partial charge in [-0.3, -0.25) is 0 Å². The maximum atomic E-state index is 5.43. The van der Waals surface area contributed by atoms with Crippen LogP contribution in [0, 0.1) is 0 Å². The highest BCUT2D eigenvalue weighted by molar-refractivity contribution is 7.12. The zero-order valence-corrected chi connectivity index (χ0v) is 9.49. The number of hydrogen-bond donors (Lipinski definition) is 0. The van der Waals surface area contributed by atoms with E-state index in [0.29, 0.717) is 5.92 Å². The van der Waals surface area contributed by atoms with Crippen molar-refractivity contribution in [3.63, 3.8) is 0 Å². The fourth-order valence-corrected chi connectivity index (χ4v) is 2.35. The first kappa shape index (κ1) is 10.6. The molecule has 74 valence electrons. The van der Waals surface area contributed by atoms with Crippen LogP contribution in [0.3, 0.4) is 0 Å². The van der Waals surface area contributed by atoms with Gasteiger partial charge < -0.3 is 4.74 Å². The van der Waals surface area contributed by atoms with E-state index in [1.807, 2.05) is 6.92 Å². The lowest BCUT2D eigenvalue weighted by atomic mass is 10.00. The van der Waals surface area contributed by atoms with Crippen LogP contribution < -0.4 is 4.74 Å². The highest BCUT2D eigenvalue weighted by atomic mass is 32.1. The van der Waals surface area contributed by atoms with Crippen molar-refractivity contribution in [2.24, 2.45) is 0 Å². The lowest BCUT2D eigenvalue weighted by molar-refractivity contribution is 0.350. The van der Waals surface area contributed by atoms with Crippen molar-refractivity contribution >= 4 is 11.3 Å². The second-order valence-electron chi connectivity index (χ2n) is 3.32. The van der Waals surface area contributed by atoms with Gasteiger partial charge in [0.15, 0.2) is 5.06 Å². The molecule has 0 aliphatic rings. The van der Waals surface area contributed by atoms with Gasteiger partial charge in [0, 0.05) is 0 Å². The minimum absolute atomic E-state index is 0.676. The zero-order chi connectivity index (χ0) is 9.68. The Balaban J connectivity index is 2.56. The molecule has 1 aromatic rings. The van der Waals surface area contributed by atoms with Crippen LogP contribution in [0.4, 0.5) is 0 Å². The van der Waals surface area contributed by atoms with E-state index in [1.54, 1.807) is 11.3 Å². The highest BCUT2D eigenvalue weighted by Crippen LogP contribution is 2.30. The van der Waals surface area contributed by atoms with E-state index in [-0.39, 0.29) is 0 Å². The monoisotopic (exact) mass is 198 g/mol. The molecule has 1 aromatic heterocycles. The second kappa shape index (κ2) is 5.28. The quantitative estimate of drug-likeness (QED) is 0.693. The summed E-state index contributed by atoms with van der Waals surface area (Å²) >= 11 is 1.71. The SMILES string of the molecule is CCCC(C)c1csc(OCC)c1. The summed E-state index contributed by atoms with van der Waals surface area (Å²) in [6.07, 6.45) is 2.52. The maximum Gasteiger partial charge on any atom is 0.173 e. The Morgan fingerprint density at radius 2 is 2.23 bits per heavy atom. The van der Waals surface area contributed by atoms with Gasteiger partial charge in [0.05, 0.1) is 6.61 Å². The molecule has 1 heterocycles. The van der Waals surface area contributed by atoms with E-state index in [9.17, 15) is 0 Å². The Hall–Kier alpha value is -0.500. The third-order valence-electron chi connectivity index (χ3n) is 2.17. The predicted molar refractivity (Wildman–Crippen MR) is 58.8 cm³/mol. The molecule has 0 N–H and O–H groups in total. The van der Waals surface area contributed by atoms with E-state index in [2.05, 4.69) is 25.3 Å². The predicted octanol–water partition coefficient (Wildman–Crippen LogP) is 4.05. The standard InChI is InChI=1S/C11H18OS/c1-4-6-9(3)10-7-11(12-5-2)13-8-10/h7-9H,4-6H2,1-3H3. The first-order chi connectivity index (χ1) is 6.27. The van der Waals surface area contributed by atoms with Crippen LogP contribution in [0.15, 0.2) is 11.4 Å². The molecule has 0 aliphatic carbocycles. The Labute approximate surface area is 84.7 Å². The van der Waals surface area contributed by atoms with Gasteiger partial charge in [-0.15, -0.1) is 11.3 Å². The molecular formula is C11H18OS. The van der Waals surface area contributed by atoms with Crippen molar-refractivity contribution in [1.29, 1.82) is 0 Å². The molecular weight excluding hydrogens is 180 g/mol. The van der Waals surface area contributed by atoms with Gasteiger partial charge >= 0.3 is 0 Å². The maximum absolute atomic E-state index is 5.43. The molecule has 1 rings (SSSR count). The summed E-state index contributed by atoms with van der Waals surface area (Å²) in [6.45, 7) is 7.30. The molecule has 0 saturated heterocycles. The van der Waals surface area contributed by atoms with Crippen LogP contribution in [0.2, 0.25) is 0 Å². The smallest absolute Gasteiger partial charge is 0.173 e. The number of thiophene rings is 1. The van der Waals surface area contributed by atoms with Crippen molar-refractivity contribution in [2.45, 2.75) is 39.5 Å². The molecule has 0 bridgehead atoms. The summed E-state index contributed by atoms with van der Waals surface area (Å²) in [5.74, 6) is 0.676. The first-order valence-corrected chi connectivity index (χ1v) is 5.87. The Morgan fingerprint density at radius 3 is 2.85 bits per heavy atom. The van der Waals surface area contributed by atoms with Gasteiger partial charge in [-0.2, -0.15) is 0 Å². The molecule has 2 heteroatoms. The van der Waals surface area contributed by atoms with E-state index >= 15 is 0 Å². The molecule has 1 nitrogen and oxygen atoms in total. The van der Waals surface area contributed by atoms with E-state index in [0.717, 1.165) is 11.7 Å². The average Bonchev–Trinajstić information content (AvgIpc) is 2.54. The van der Waals surface area contributed by atoms with Crippen LogP contribution in [-0.2, 0) is 0 Å². The van der Waals surface area contributed by atoms with Gasteiger partial charge in [-0.05, 0) is 36.3 Å². The molecule has 0 fully saturated rings. The fraction of sp³-hybridized carbons (Fsp3) is 0.636. The largest absolute Gasteiger partial charge is 0.484 e. The van der Waals surface area contributed by atoms with Crippen molar-refractivity contribution < 1.29 is 4.74 Å². The molecule has 0 amide bonds. The van der Waals surface area contributed by atoms with Gasteiger partial charge in [-0.25, -0.2) is 0 Å². The van der Waals surface area contributed by atoms with Crippen LogP contribution in [0.1, 0.15) is 45.1 Å². The first-order valence-electron chi connectivity index (χ1n) is 4.99. The summed E-state index contributed by atoms with van der Waals surface area (Å²) < 4.78 is 5.43. The summed E-state index contributed by atoms with van der Waals surface area (Å²) in [6, 6.07) is 2.18. The van der Waals surface area contributed by atoms with Crippen LogP contribution >= 0.6 is 11.3 Å². The Morgan fingerprint density at radius 1 is 1.46 bits per heavy atom. The molecule has 0 saturated carbocycles. The molecule has 0 spiro atoms.